The summed E-state index contributed by atoms with van der Waals surface area (Å²) < 4.78 is 7.83. The van der Waals surface area contributed by atoms with Gasteiger partial charge in [-0.2, -0.15) is 5.10 Å². The van der Waals surface area contributed by atoms with Crippen LogP contribution in [0.25, 0.3) is 0 Å². The topological polar surface area (TPSA) is 101 Å². The lowest BCUT2D eigenvalue weighted by molar-refractivity contribution is 0.0577. The Morgan fingerprint density at radius 1 is 1.14 bits per heavy atom. The van der Waals surface area contributed by atoms with E-state index in [4.69, 9.17) is 4.74 Å². The maximum absolute atomic E-state index is 12.7. The van der Waals surface area contributed by atoms with Crippen LogP contribution in [0.3, 0.4) is 0 Å². The molecule has 4 aromatic rings. The van der Waals surface area contributed by atoms with Crippen LogP contribution in [0.2, 0.25) is 0 Å². The summed E-state index contributed by atoms with van der Waals surface area (Å²) in [6.07, 6.45) is 4.87. The van der Waals surface area contributed by atoms with Crippen molar-refractivity contribution in [2.24, 2.45) is 0 Å². The number of anilines is 2. The van der Waals surface area contributed by atoms with E-state index in [1.165, 1.54) is 5.56 Å². The van der Waals surface area contributed by atoms with E-state index in [2.05, 4.69) is 20.7 Å². The number of benzene rings is 2. The zero-order chi connectivity index (χ0) is 26.4. The predicted octanol–water partition coefficient (Wildman–Crippen LogP) is 5.17. The predicted molar refractivity (Wildman–Crippen MR) is 144 cm³/mol. The van der Waals surface area contributed by atoms with Crippen molar-refractivity contribution in [3.05, 3.63) is 102 Å². The van der Waals surface area contributed by atoms with E-state index in [9.17, 15) is 9.90 Å². The van der Waals surface area contributed by atoms with Crippen molar-refractivity contribution in [3.63, 3.8) is 0 Å². The fourth-order valence-electron chi connectivity index (χ4n) is 3.81. The first kappa shape index (κ1) is 25.9. The molecule has 8 nitrogen and oxygen atoms in total. The number of rotatable bonds is 10. The SMILES string of the molecule is Cc1ccc(CNC(=O)c2cccc(C(C)Oc3ccnc(Nc4cnn(CC(C)(C)O)c4)c3)c2)cc1. The summed E-state index contributed by atoms with van der Waals surface area (Å²) in [5.74, 6) is 1.12. The van der Waals surface area contributed by atoms with Gasteiger partial charge in [0.25, 0.3) is 5.91 Å². The third kappa shape index (κ3) is 7.65. The van der Waals surface area contributed by atoms with Crippen LogP contribution in [-0.4, -0.2) is 31.4 Å². The van der Waals surface area contributed by atoms with E-state index >= 15 is 0 Å². The van der Waals surface area contributed by atoms with Gasteiger partial charge in [-0.15, -0.1) is 0 Å². The highest BCUT2D eigenvalue weighted by Crippen LogP contribution is 2.25. The summed E-state index contributed by atoms with van der Waals surface area (Å²) in [6, 6.07) is 19.2. The van der Waals surface area contributed by atoms with Gasteiger partial charge >= 0.3 is 0 Å². The van der Waals surface area contributed by atoms with Crippen LogP contribution in [0.1, 0.15) is 53.9 Å². The maximum atomic E-state index is 12.7. The molecule has 8 heteroatoms. The molecule has 0 spiro atoms. The van der Waals surface area contributed by atoms with E-state index in [-0.39, 0.29) is 12.0 Å². The molecule has 1 amide bonds. The molecule has 0 saturated carbocycles. The van der Waals surface area contributed by atoms with Crippen LogP contribution in [-0.2, 0) is 13.1 Å². The Bertz CT molecular complexity index is 1340. The maximum Gasteiger partial charge on any atom is 0.251 e. The van der Waals surface area contributed by atoms with Crippen LogP contribution >= 0.6 is 0 Å². The highest BCUT2D eigenvalue weighted by molar-refractivity contribution is 5.94. The summed E-state index contributed by atoms with van der Waals surface area (Å²) in [7, 11) is 0. The fraction of sp³-hybridized carbons (Fsp3) is 0.276. The number of carbonyl (C=O) groups excluding carboxylic acids is 1. The highest BCUT2D eigenvalue weighted by atomic mass is 16.5. The Morgan fingerprint density at radius 3 is 2.68 bits per heavy atom. The largest absolute Gasteiger partial charge is 0.486 e. The lowest BCUT2D eigenvalue weighted by Crippen LogP contribution is -2.26. The van der Waals surface area contributed by atoms with Crippen LogP contribution in [0.15, 0.2) is 79.3 Å². The van der Waals surface area contributed by atoms with Crippen molar-refractivity contribution < 1.29 is 14.6 Å². The number of nitrogens with one attached hydrogen (secondary N) is 2. The first-order chi connectivity index (χ1) is 17.6. The Hall–Kier alpha value is -4.17. The number of nitrogens with zero attached hydrogens (tertiary/aromatic N) is 3. The van der Waals surface area contributed by atoms with Crippen LogP contribution in [0.5, 0.6) is 5.75 Å². The normalized spacial score (nSPS) is 12.1. The van der Waals surface area contributed by atoms with Crippen molar-refractivity contribution in [1.29, 1.82) is 0 Å². The number of ether oxygens (including phenoxy) is 1. The average molecular weight is 500 g/mol. The third-order valence-corrected chi connectivity index (χ3v) is 5.69. The van der Waals surface area contributed by atoms with E-state index in [1.807, 2.05) is 68.6 Å². The minimum absolute atomic E-state index is 0.129. The fourth-order valence-corrected chi connectivity index (χ4v) is 3.81. The minimum atomic E-state index is -0.857. The molecule has 1 atom stereocenters. The number of carbonyl (C=O) groups is 1. The molecule has 0 aliphatic heterocycles. The lowest BCUT2D eigenvalue weighted by atomic mass is 10.1. The van der Waals surface area contributed by atoms with Crippen molar-refractivity contribution in [3.8, 4) is 5.75 Å². The number of aromatic nitrogens is 3. The molecule has 0 saturated heterocycles. The highest BCUT2D eigenvalue weighted by Gasteiger charge is 2.15. The van der Waals surface area contributed by atoms with Gasteiger partial charge in [-0.3, -0.25) is 9.48 Å². The van der Waals surface area contributed by atoms with Gasteiger partial charge < -0.3 is 20.5 Å². The summed E-state index contributed by atoms with van der Waals surface area (Å²) in [4.78, 5) is 17.1. The molecule has 2 heterocycles. The molecule has 0 radical (unpaired) electrons. The summed E-state index contributed by atoms with van der Waals surface area (Å²) in [5, 5.41) is 20.4. The van der Waals surface area contributed by atoms with Crippen molar-refractivity contribution in [2.45, 2.75) is 52.5 Å². The van der Waals surface area contributed by atoms with Crippen molar-refractivity contribution in [2.75, 3.05) is 5.32 Å². The summed E-state index contributed by atoms with van der Waals surface area (Å²) in [5.41, 5.74) is 3.61. The standard InChI is InChI=1S/C29H33N5O3/c1-20-8-10-22(11-9-20)16-31-28(35)24-7-5-6-23(14-24)21(2)37-26-12-13-30-27(15-26)33-25-17-32-34(18-25)19-29(3,4)36/h5-15,17-18,21,36H,16,19H2,1-4H3,(H,30,33)(H,31,35). The van der Waals surface area contributed by atoms with Gasteiger partial charge in [-0.25, -0.2) is 4.98 Å². The zero-order valence-corrected chi connectivity index (χ0v) is 21.6. The number of hydrogen-bond donors (Lipinski definition) is 3. The molecule has 0 aliphatic rings. The lowest BCUT2D eigenvalue weighted by Gasteiger charge is -2.17. The quantitative estimate of drug-likeness (QED) is 0.278. The van der Waals surface area contributed by atoms with Gasteiger partial charge in [0.05, 0.1) is 24.0 Å². The molecule has 3 N–H and O–H groups in total. The Labute approximate surface area is 217 Å². The number of aliphatic hydroxyl groups is 1. The number of pyridine rings is 1. The smallest absolute Gasteiger partial charge is 0.251 e. The van der Waals surface area contributed by atoms with Crippen molar-refractivity contribution >= 4 is 17.4 Å². The Kier molecular flexibility index (Phi) is 7.89. The van der Waals surface area contributed by atoms with Gasteiger partial charge in [0, 0.05) is 30.6 Å². The molecular formula is C29H33N5O3. The van der Waals surface area contributed by atoms with E-state index < -0.39 is 5.60 Å². The zero-order valence-electron chi connectivity index (χ0n) is 21.6. The first-order valence-electron chi connectivity index (χ1n) is 12.2. The van der Waals surface area contributed by atoms with Gasteiger partial charge in [0.1, 0.15) is 17.7 Å². The molecule has 4 rings (SSSR count). The van der Waals surface area contributed by atoms with Crippen molar-refractivity contribution in [1.82, 2.24) is 20.1 Å². The number of amides is 1. The van der Waals surface area contributed by atoms with Gasteiger partial charge in [-0.05, 0) is 57.0 Å². The Morgan fingerprint density at radius 2 is 1.92 bits per heavy atom. The molecule has 192 valence electrons. The molecular weight excluding hydrogens is 466 g/mol. The average Bonchev–Trinajstić information content (AvgIpc) is 3.28. The third-order valence-electron chi connectivity index (χ3n) is 5.69. The summed E-state index contributed by atoms with van der Waals surface area (Å²) >= 11 is 0. The van der Waals surface area contributed by atoms with Crippen LogP contribution in [0.4, 0.5) is 11.5 Å². The Balaban J connectivity index is 1.37. The van der Waals surface area contributed by atoms with Gasteiger partial charge in [0.15, 0.2) is 0 Å². The van der Waals surface area contributed by atoms with Crippen LogP contribution < -0.4 is 15.4 Å². The van der Waals surface area contributed by atoms with Gasteiger partial charge in [0.2, 0.25) is 0 Å². The van der Waals surface area contributed by atoms with E-state index in [1.54, 1.807) is 43.1 Å². The second kappa shape index (κ2) is 11.3. The molecule has 0 aliphatic carbocycles. The molecule has 2 aromatic heterocycles. The second-order valence-corrected chi connectivity index (χ2v) is 9.79. The van der Waals surface area contributed by atoms with Gasteiger partial charge in [-0.1, -0.05) is 42.0 Å². The second-order valence-electron chi connectivity index (χ2n) is 9.79. The molecule has 1 unspecified atom stereocenters. The molecule has 0 bridgehead atoms. The molecule has 0 fully saturated rings. The van der Waals surface area contributed by atoms with Crippen LogP contribution in [0, 0.1) is 6.92 Å². The minimum Gasteiger partial charge on any atom is -0.486 e. The summed E-state index contributed by atoms with van der Waals surface area (Å²) in [6.45, 7) is 8.30. The molecule has 37 heavy (non-hydrogen) atoms. The van der Waals surface area contributed by atoms with E-state index in [0.29, 0.717) is 30.2 Å². The number of hydrogen-bond acceptors (Lipinski definition) is 6. The number of aryl methyl sites for hydroxylation is 1. The monoisotopic (exact) mass is 499 g/mol. The van der Waals surface area contributed by atoms with E-state index in [0.717, 1.165) is 16.8 Å². The first-order valence-corrected chi connectivity index (χ1v) is 12.2. The molecule has 2 aromatic carbocycles.